The van der Waals surface area contributed by atoms with E-state index in [0.29, 0.717) is 5.41 Å². The minimum atomic E-state index is -0.415. The Morgan fingerprint density at radius 3 is 2.81 bits per heavy atom. The zero-order valence-corrected chi connectivity index (χ0v) is 9.80. The predicted octanol–water partition coefficient (Wildman–Crippen LogP) is 3.60. The molecule has 0 radical (unpaired) electrons. The Hall–Kier alpha value is -1.12. The summed E-state index contributed by atoms with van der Waals surface area (Å²) in [4.78, 5) is 3.55. The molecule has 1 fully saturated rings. The van der Waals surface area contributed by atoms with Crippen LogP contribution in [0.4, 0.5) is 10.1 Å². The second-order valence-corrected chi connectivity index (χ2v) is 4.78. The molecule has 0 unspecified atom stereocenters. The van der Waals surface area contributed by atoms with E-state index in [1.807, 2.05) is 6.07 Å². The van der Waals surface area contributed by atoms with Crippen LogP contribution < -0.4 is 5.32 Å². The second kappa shape index (κ2) is 4.81. The molecule has 2 rings (SSSR count). The van der Waals surface area contributed by atoms with Gasteiger partial charge in [0.15, 0.2) is 0 Å². The molecule has 0 atom stereocenters. The van der Waals surface area contributed by atoms with E-state index >= 15 is 0 Å². The van der Waals surface area contributed by atoms with Crippen molar-refractivity contribution < 1.29 is 4.39 Å². The maximum atomic E-state index is 12.9. The van der Waals surface area contributed by atoms with Gasteiger partial charge < -0.3 is 5.32 Å². The number of nitrogens with zero attached hydrogens (tertiary/aromatic N) is 1. The topological polar surface area (TPSA) is 24.9 Å². The Balaban J connectivity index is 1.95. The number of nitrogens with one attached hydrogen (secondary N) is 1. The highest BCUT2D eigenvalue weighted by Gasteiger charge is 2.31. The molecule has 0 spiro atoms. The minimum Gasteiger partial charge on any atom is -0.384 e. The fourth-order valence-electron chi connectivity index (χ4n) is 2.58. The number of aromatic nitrogens is 1. The lowest BCUT2D eigenvalue weighted by atomic mass is 9.83. The first-order valence-electron chi connectivity index (χ1n) is 6.10. The van der Waals surface area contributed by atoms with Gasteiger partial charge in [0.2, 0.25) is 5.95 Å². The molecule has 1 aromatic heterocycles. The third-order valence-electron chi connectivity index (χ3n) is 3.81. The molecule has 0 aliphatic heterocycles. The van der Waals surface area contributed by atoms with Crippen molar-refractivity contribution in [3.63, 3.8) is 0 Å². The lowest BCUT2D eigenvalue weighted by molar-refractivity contribution is 0.307. The number of pyridine rings is 1. The van der Waals surface area contributed by atoms with E-state index in [-0.39, 0.29) is 0 Å². The Bertz CT molecular complexity index is 346. The summed E-state index contributed by atoms with van der Waals surface area (Å²) in [6.45, 7) is 3.20. The monoisotopic (exact) mass is 222 g/mol. The molecule has 3 heteroatoms. The third kappa shape index (κ3) is 2.52. The summed E-state index contributed by atoms with van der Waals surface area (Å²) in [7, 11) is 0. The normalized spacial score (nSPS) is 18.6. The van der Waals surface area contributed by atoms with Gasteiger partial charge in [-0.3, -0.25) is 0 Å². The van der Waals surface area contributed by atoms with Gasteiger partial charge in [-0.15, -0.1) is 0 Å². The summed E-state index contributed by atoms with van der Waals surface area (Å²) in [6.07, 6.45) is 7.97. The lowest BCUT2D eigenvalue weighted by Gasteiger charge is -2.28. The summed E-state index contributed by atoms with van der Waals surface area (Å²) >= 11 is 0. The van der Waals surface area contributed by atoms with E-state index in [0.717, 1.165) is 12.2 Å². The van der Waals surface area contributed by atoms with Crippen LogP contribution in [0.5, 0.6) is 0 Å². The zero-order valence-electron chi connectivity index (χ0n) is 9.80. The van der Waals surface area contributed by atoms with Gasteiger partial charge in [-0.25, -0.2) is 4.98 Å². The van der Waals surface area contributed by atoms with Gasteiger partial charge in [-0.05, 0) is 30.7 Å². The first kappa shape index (κ1) is 11.4. The summed E-state index contributed by atoms with van der Waals surface area (Å²) in [5.41, 5.74) is 1.27. The summed E-state index contributed by atoms with van der Waals surface area (Å²) < 4.78 is 12.9. The molecular weight excluding hydrogens is 203 g/mol. The Labute approximate surface area is 96.3 Å². The number of hydrogen-bond acceptors (Lipinski definition) is 2. The van der Waals surface area contributed by atoms with Crippen molar-refractivity contribution in [1.29, 1.82) is 0 Å². The average Bonchev–Trinajstić information content (AvgIpc) is 2.76. The second-order valence-electron chi connectivity index (χ2n) is 4.78. The first-order valence-corrected chi connectivity index (χ1v) is 6.10. The molecule has 1 heterocycles. The van der Waals surface area contributed by atoms with Gasteiger partial charge in [0.05, 0.1) is 0 Å². The lowest BCUT2D eigenvalue weighted by Crippen LogP contribution is -2.25. The van der Waals surface area contributed by atoms with Crippen LogP contribution in [-0.4, -0.2) is 11.5 Å². The molecular formula is C13H19FN2. The number of anilines is 1. The van der Waals surface area contributed by atoms with E-state index in [2.05, 4.69) is 17.2 Å². The molecule has 1 N–H and O–H groups in total. The molecule has 1 aliphatic carbocycles. The van der Waals surface area contributed by atoms with Gasteiger partial charge in [-0.2, -0.15) is 4.39 Å². The SMILES string of the molecule is CCC1(CNc2ccnc(F)c2)CCCC1. The third-order valence-corrected chi connectivity index (χ3v) is 3.81. The van der Waals surface area contributed by atoms with Crippen LogP contribution in [0.25, 0.3) is 0 Å². The van der Waals surface area contributed by atoms with Crippen LogP contribution in [-0.2, 0) is 0 Å². The predicted molar refractivity (Wildman–Crippen MR) is 63.9 cm³/mol. The standard InChI is InChI=1S/C13H19FN2/c1-2-13(6-3-4-7-13)10-16-11-5-8-15-12(14)9-11/h5,8-9H,2-4,6-7,10H2,1H3,(H,15,16). The summed E-state index contributed by atoms with van der Waals surface area (Å²) in [5.74, 6) is -0.415. The summed E-state index contributed by atoms with van der Waals surface area (Å²) in [6, 6.07) is 3.28. The van der Waals surface area contributed by atoms with Crippen LogP contribution in [0, 0.1) is 11.4 Å². The van der Waals surface area contributed by atoms with E-state index < -0.39 is 5.95 Å². The number of rotatable bonds is 4. The van der Waals surface area contributed by atoms with Crippen molar-refractivity contribution in [3.8, 4) is 0 Å². The van der Waals surface area contributed by atoms with Gasteiger partial charge in [0.25, 0.3) is 0 Å². The molecule has 0 bridgehead atoms. The fraction of sp³-hybridized carbons (Fsp3) is 0.615. The smallest absolute Gasteiger partial charge is 0.214 e. The van der Waals surface area contributed by atoms with Crippen LogP contribution in [0.1, 0.15) is 39.0 Å². The Kier molecular flexibility index (Phi) is 3.42. The van der Waals surface area contributed by atoms with E-state index in [9.17, 15) is 4.39 Å². The van der Waals surface area contributed by atoms with Crippen LogP contribution in [0.15, 0.2) is 18.3 Å². The van der Waals surface area contributed by atoms with Crippen molar-refractivity contribution in [2.75, 3.05) is 11.9 Å². The number of halogens is 1. The van der Waals surface area contributed by atoms with Gasteiger partial charge in [0.1, 0.15) is 0 Å². The Morgan fingerprint density at radius 1 is 1.44 bits per heavy atom. The van der Waals surface area contributed by atoms with Crippen molar-refractivity contribution in [1.82, 2.24) is 4.98 Å². The van der Waals surface area contributed by atoms with Crippen molar-refractivity contribution in [3.05, 3.63) is 24.3 Å². The highest BCUT2D eigenvalue weighted by Crippen LogP contribution is 2.40. The molecule has 88 valence electrons. The van der Waals surface area contributed by atoms with Crippen molar-refractivity contribution in [2.24, 2.45) is 5.41 Å². The van der Waals surface area contributed by atoms with Crippen LogP contribution >= 0.6 is 0 Å². The van der Waals surface area contributed by atoms with Crippen LogP contribution in [0.2, 0.25) is 0 Å². The first-order chi connectivity index (χ1) is 7.74. The van der Waals surface area contributed by atoms with Crippen LogP contribution in [0.3, 0.4) is 0 Å². The fourth-order valence-corrected chi connectivity index (χ4v) is 2.58. The number of hydrogen-bond donors (Lipinski definition) is 1. The molecule has 0 aromatic carbocycles. The van der Waals surface area contributed by atoms with Crippen molar-refractivity contribution in [2.45, 2.75) is 39.0 Å². The summed E-state index contributed by atoms with van der Waals surface area (Å²) in [5, 5.41) is 3.34. The Morgan fingerprint density at radius 2 is 2.19 bits per heavy atom. The molecule has 2 nitrogen and oxygen atoms in total. The molecule has 16 heavy (non-hydrogen) atoms. The molecule has 1 aromatic rings. The molecule has 1 saturated carbocycles. The maximum Gasteiger partial charge on any atom is 0.214 e. The largest absolute Gasteiger partial charge is 0.384 e. The quantitative estimate of drug-likeness (QED) is 0.787. The van der Waals surface area contributed by atoms with Gasteiger partial charge >= 0.3 is 0 Å². The van der Waals surface area contributed by atoms with E-state index in [1.54, 1.807) is 0 Å². The minimum absolute atomic E-state index is 0.415. The average molecular weight is 222 g/mol. The van der Waals surface area contributed by atoms with E-state index in [4.69, 9.17) is 0 Å². The molecule has 0 amide bonds. The highest BCUT2D eigenvalue weighted by atomic mass is 19.1. The molecule has 0 saturated heterocycles. The van der Waals surface area contributed by atoms with Crippen molar-refractivity contribution >= 4 is 5.69 Å². The molecule has 1 aliphatic rings. The maximum absolute atomic E-state index is 12.9. The van der Waals surface area contributed by atoms with E-state index in [1.165, 1.54) is 44.4 Å². The highest BCUT2D eigenvalue weighted by molar-refractivity contribution is 5.41. The van der Waals surface area contributed by atoms with Gasteiger partial charge in [-0.1, -0.05) is 19.8 Å². The van der Waals surface area contributed by atoms with Gasteiger partial charge in [0, 0.05) is 24.5 Å². The zero-order chi connectivity index (χ0) is 11.4.